The molecule has 0 atom stereocenters. The van der Waals surface area contributed by atoms with Crippen molar-refractivity contribution in [3.05, 3.63) is 54.6 Å². The highest BCUT2D eigenvalue weighted by Crippen LogP contribution is 2.27. The third-order valence-corrected chi connectivity index (χ3v) is 3.51. The van der Waals surface area contributed by atoms with Crippen LogP contribution in [0.2, 0.25) is 0 Å². The Morgan fingerprint density at radius 2 is 2.04 bits per heavy atom. The lowest BCUT2D eigenvalue weighted by molar-refractivity contribution is 0.296. The Morgan fingerprint density at radius 3 is 2.96 bits per heavy atom. The van der Waals surface area contributed by atoms with Crippen molar-refractivity contribution >= 4 is 16.6 Å². The fraction of sp³-hybridized carbons (Fsp3) is 0.125. The lowest BCUT2D eigenvalue weighted by Gasteiger charge is -2.08. The Labute approximate surface area is 131 Å². The predicted octanol–water partition coefficient (Wildman–Crippen LogP) is 2.26. The van der Waals surface area contributed by atoms with Crippen molar-refractivity contribution in [1.29, 1.82) is 0 Å². The summed E-state index contributed by atoms with van der Waals surface area (Å²) >= 11 is 0. The van der Waals surface area contributed by atoms with Crippen LogP contribution >= 0.6 is 0 Å². The van der Waals surface area contributed by atoms with Gasteiger partial charge in [-0.05, 0) is 30.3 Å². The summed E-state index contributed by atoms with van der Waals surface area (Å²) in [5.41, 5.74) is 1.50. The van der Waals surface area contributed by atoms with Crippen LogP contribution in [0, 0.1) is 0 Å². The van der Waals surface area contributed by atoms with Crippen LogP contribution in [-0.2, 0) is 6.61 Å². The van der Waals surface area contributed by atoms with Gasteiger partial charge in [0.05, 0.1) is 12.6 Å². The number of nitrogens with zero attached hydrogens (tertiary/aromatic N) is 5. The van der Waals surface area contributed by atoms with E-state index in [-0.39, 0.29) is 6.61 Å². The third-order valence-electron chi connectivity index (χ3n) is 3.51. The van der Waals surface area contributed by atoms with E-state index in [1.807, 2.05) is 36.4 Å². The Bertz CT molecular complexity index is 982. The van der Waals surface area contributed by atoms with E-state index in [9.17, 15) is 0 Å². The summed E-state index contributed by atoms with van der Waals surface area (Å²) < 4.78 is 12.8. The highest BCUT2D eigenvalue weighted by atomic mass is 16.5. The van der Waals surface area contributed by atoms with Crippen molar-refractivity contribution < 1.29 is 9.47 Å². The summed E-state index contributed by atoms with van der Waals surface area (Å²) in [6.45, 7) is 0.267. The van der Waals surface area contributed by atoms with Crippen molar-refractivity contribution in [2.45, 2.75) is 6.61 Å². The van der Waals surface area contributed by atoms with Crippen molar-refractivity contribution in [2.75, 3.05) is 7.11 Å². The molecule has 3 heterocycles. The number of hydrogen-bond acceptors (Lipinski definition) is 6. The van der Waals surface area contributed by atoms with Crippen LogP contribution in [0.5, 0.6) is 11.5 Å². The molecule has 4 aromatic rings. The molecule has 0 saturated heterocycles. The maximum Gasteiger partial charge on any atom is 0.192 e. The highest BCUT2D eigenvalue weighted by molar-refractivity contribution is 5.85. The van der Waals surface area contributed by atoms with Gasteiger partial charge in [-0.25, -0.2) is 0 Å². The standard InChI is InChI=1S/C16H13N5O2/c1-22-11-4-5-12-13(9-11)17-8-6-14(12)23-10-16-20-19-15-3-2-7-18-21(15)16/h2-9H,10H2,1H3. The van der Waals surface area contributed by atoms with E-state index in [1.54, 1.807) is 24.0 Å². The molecular formula is C16H13N5O2. The van der Waals surface area contributed by atoms with Gasteiger partial charge in [-0.3, -0.25) is 4.98 Å². The van der Waals surface area contributed by atoms with E-state index < -0.39 is 0 Å². The van der Waals surface area contributed by atoms with E-state index in [2.05, 4.69) is 20.3 Å². The number of rotatable bonds is 4. The van der Waals surface area contributed by atoms with E-state index >= 15 is 0 Å². The first-order valence-corrected chi connectivity index (χ1v) is 7.06. The highest BCUT2D eigenvalue weighted by Gasteiger charge is 2.09. The molecular weight excluding hydrogens is 294 g/mol. The first-order chi connectivity index (χ1) is 11.3. The number of fused-ring (bicyclic) bond motifs is 2. The number of hydrogen-bond donors (Lipinski definition) is 0. The quantitative estimate of drug-likeness (QED) is 0.576. The van der Waals surface area contributed by atoms with Gasteiger partial charge < -0.3 is 9.47 Å². The monoisotopic (exact) mass is 307 g/mol. The molecule has 4 rings (SSSR count). The van der Waals surface area contributed by atoms with Gasteiger partial charge in [0.25, 0.3) is 0 Å². The normalized spacial score (nSPS) is 11.0. The van der Waals surface area contributed by atoms with Crippen molar-refractivity contribution in [2.24, 2.45) is 0 Å². The summed E-state index contributed by atoms with van der Waals surface area (Å²) in [6, 6.07) is 11.2. The van der Waals surface area contributed by atoms with Gasteiger partial charge in [0.15, 0.2) is 11.5 Å². The summed E-state index contributed by atoms with van der Waals surface area (Å²) in [6.07, 6.45) is 3.39. The minimum Gasteiger partial charge on any atom is -0.497 e. The van der Waals surface area contributed by atoms with Gasteiger partial charge in [0.1, 0.15) is 18.1 Å². The number of ether oxygens (including phenoxy) is 2. The molecule has 0 N–H and O–H groups in total. The zero-order chi connectivity index (χ0) is 15.6. The number of pyridine rings is 1. The summed E-state index contributed by atoms with van der Waals surface area (Å²) in [7, 11) is 1.63. The van der Waals surface area contributed by atoms with Crippen LogP contribution in [0.4, 0.5) is 0 Å². The number of methoxy groups -OCH3 is 1. The number of aromatic nitrogens is 5. The predicted molar refractivity (Wildman–Crippen MR) is 83.4 cm³/mol. The van der Waals surface area contributed by atoms with Crippen molar-refractivity contribution in [1.82, 2.24) is 24.8 Å². The zero-order valence-electron chi connectivity index (χ0n) is 12.4. The van der Waals surface area contributed by atoms with Crippen LogP contribution in [-0.4, -0.2) is 31.9 Å². The Kier molecular flexibility index (Phi) is 3.23. The molecule has 0 aliphatic heterocycles. The number of benzene rings is 1. The van der Waals surface area contributed by atoms with Crippen LogP contribution in [0.25, 0.3) is 16.6 Å². The average molecular weight is 307 g/mol. The van der Waals surface area contributed by atoms with E-state index in [1.165, 1.54) is 0 Å². The fourth-order valence-corrected chi connectivity index (χ4v) is 2.38. The van der Waals surface area contributed by atoms with Gasteiger partial charge in [-0.1, -0.05) is 0 Å². The molecule has 0 unspecified atom stereocenters. The molecule has 23 heavy (non-hydrogen) atoms. The van der Waals surface area contributed by atoms with Gasteiger partial charge in [0, 0.05) is 23.8 Å². The molecule has 0 spiro atoms. The molecule has 0 saturated carbocycles. The molecule has 0 aliphatic carbocycles. The van der Waals surface area contributed by atoms with Crippen molar-refractivity contribution in [3.8, 4) is 11.5 Å². The molecule has 0 radical (unpaired) electrons. The first kappa shape index (κ1) is 13.4. The molecule has 7 nitrogen and oxygen atoms in total. The summed E-state index contributed by atoms with van der Waals surface area (Å²) in [5.74, 6) is 2.12. The topological polar surface area (TPSA) is 74.4 Å². The zero-order valence-corrected chi connectivity index (χ0v) is 12.4. The Hall–Kier alpha value is -3.22. The smallest absolute Gasteiger partial charge is 0.192 e. The second-order valence-electron chi connectivity index (χ2n) is 4.89. The molecule has 0 aliphatic rings. The van der Waals surface area contributed by atoms with E-state index in [0.717, 1.165) is 22.4 Å². The molecule has 0 fully saturated rings. The van der Waals surface area contributed by atoms with Gasteiger partial charge in [0.2, 0.25) is 0 Å². The largest absolute Gasteiger partial charge is 0.497 e. The molecule has 0 amide bonds. The molecule has 114 valence electrons. The van der Waals surface area contributed by atoms with Gasteiger partial charge >= 0.3 is 0 Å². The molecule has 7 heteroatoms. The molecule has 1 aromatic carbocycles. The van der Waals surface area contributed by atoms with Crippen LogP contribution in [0.1, 0.15) is 5.82 Å². The Balaban J connectivity index is 1.65. The van der Waals surface area contributed by atoms with Crippen LogP contribution in [0.15, 0.2) is 48.8 Å². The van der Waals surface area contributed by atoms with E-state index in [0.29, 0.717) is 11.5 Å². The van der Waals surface area contributed by atoms with Crippen molar-refractivity contribution in [3.63, 3.8) is 0 Å². The fourth-order valence-electron chi connectivity index (χ4n) is 2.38. The lowest BCUT2D eigenvalue weighted by atomic mass is 10.2. The lowest BCUT2D eigenvalue weighted by Crippen LogP contribution is -2.03. The maximum atomic E-state index is 5.90. The minimum absolute atomic E-state index is 0.267. The van der Waals surface area contributed by atoms with E-state index in [4.69, 9.17) is 9.47 Å². The second kappa shape index (κ2) is 5.53. The maximum absolute atomic E-state index is 5.90. The third kappa shape index (κ3) is 2.42. The van der Waals surface area contributed by atoms with Crippen LogP contribution in [0.3, 0.4) is 0 Å². The summed E-state index contributed by atoms with van der Waals surface area (Å²) in [4.78, 5) is 4.34. The first-order valence-electron chi connectivity index (χ1n) is 7.06. The average Bonchev–Trinajstić information content (AvgIpc) is 3.02. The molecule has 3 aromatic heterocycles. The van der Waals surface area contributed by atoms with Gasteiger partial charge in [-0.15, -0.1) is 10.2 Å². The van der Waals surface area contributed by atoms with Crippen LogP contribution < -0.4 is 9.47 Å². The Morgan fingerprint density at radius 1 is 1.09 bits per heavy atom. The second-order valence-corrected chi connectivity index (χ2v) is 4.89. The minimum atomic E-state index is 0.267. The SMILES string of the molecule is COc1ccc2c(OCc3nnc4cccnn34)ccnc2c1. The molecule has 0 bridgehead atoms. The van der Waals surface area contributed by atoms with Gasteiger partial charge in [-0.2, -0.15) is 9.61 Å². The summed E-state index contributed by atoms with van der Waals surface area (Å²) in [5, 5.41) is 13.3.